The lowest BCUT2D eigenvalue weighted by Crippen LogP contribution is -2.57. The van der Waals surface area contributed by atoms with Crippen LogP contribution in [0.4, 0.5) is 0 Å². The molecule has 136 valence electrons. The number of carboxylic acids is 1. The summed E-state index contributed by atoms with van der Waals surface area (Å²) in [5.74, 6) is -1.86. The first kappa shape index (κ1) is 17.8. The third-order valence-electron chi connectivity index (χ3n) is 5.52. The van der Waals surface area contributed by atoms with Crippen LogP contribution in [0.5, 0.6) is 0 Å². The lowest BCUT2D eigenvalue weighted by molar-refractivity contribution is -0.145. The maximum atomic E-state index is 12.7. The summed E-state index contributed by atoms with van der Waals surface area (Å²) < 4.78 is 0. The molecule has 0 aromatic carbocycles. The number of piperidine rings is 1. The first-order valence-electron chi connectivity index (χ1n) is 8.62. The number of carbonyl (C=O) groups excluding carboxylic acids is 2. The van der Waals surface area contributed by atoms with E-state index in [1.807, 2.05) is 0 Å². The van der Waals surface area contributed by atoms with E-state index in [-0.39, 0.29) is 18.2 Å². The van der Waals surface area contributed by atoms with Crippen molar-refractivity contribution in [2.24, 2.45) is 5.92 Å². The fraction of sp³-hybridized carbons (Fsp3) is 0.647. The van der Waals surface area contributed by atoms with E-state index in [1.165, 1.54) is 11.3 Å². The number of thiazole rings is 1. The smallest absolute Gasteiger partial charge is 0.309 e. The lowest BCUT2D eigenvalue weighted by Gasteiger charge is -2.45. The highest BCUT2D eigenvalue weighted by atomic mass is 32.1. The average molecular weight is 365 g/mol. The Morgan fingerprint density at radius 3 is 2.68 bits per heavy atom. The molecule has 1 unspecified atom stereocenters. The largest absolute Gasteiger partial charge is 0.481 e. The molecule has 3 rings (SSSR count). The predicted octanol–water partition coefficient (Wildman–Crippen LogP) is 1.63. The number of likely N-dealkylation sites (tertiary alicyclic amines) is 2. The first-order valence-corrected chi connectivity index (χ1v) is 9.50. The summed E-state index contributed by atoms with van der Waals surface area (Å²) in [6.07, 6.45) is 2.89. The fourth-order valence-corrected chi connectivity index (χ4v) is 4.86. The quantitative estimate of drug-likeness (QED) is 0.876. The molecule has 1 spiro atoms. The van der Waals surface area contributed by atoms with Crippen molar-refractivity contribution in [1.29, 1.82) is 0 Å². The topological polar surface area (TPSA) is 90.8 Å². The minimum absolute atomic E-state index is 0.0479. The van der Waals surface area contributed by atoms with Crippen LogP contribution < -0.4 is 0 Å². The minimum atomic E-state index is -0.929. The van der Waals surface area contributed by atoms with E-state index in [4.69, 9.17) is 0 Å². The fourth-order valence-electron chi connectivity index (χ4n) is 3.98. The van der Waals surface area contributed by atoms with Gasteiger partial charge in [-0.15, -0.1) is 11.3 Å². The van der Waals surface area contributed by atoms with Gasteiger partial charge < -0.3 is 14.9 Å². The van der Waals surface area contributed by atoms with E-state index in [0.29, 0.717) is 31.6 Å². The third kappa shape index (κ3) is 3.03. The Morgan fingerprint density at radius 1 is 1.40 bits per heavy atom. The van der Waals surface area contributed by atoms with Crippen LogP contribution in [0.2, 0.25) is 0 Å². The molecular formula is C17H23N3O4S. The van der Waals surface area contributed by atoms with Gasteiger partial charge in [-0.3, -0.25) is 14.4 Å². The van der Waals surface area contributed by atoms with Crippen molar-refractivity contribution in [1.82, 2.24) is 14.8 Å². The van der Waals surface area contributed by atoms with Gasteiger partial charge in [-0.1, -0.05) is 6.92 Å². The maximum Gasteiger partial charge on any atom is 0.309 e. The molecule has 0 saturated carbocycles. The molecule has 1 atom stereocenters. The molecule has 2 aliphatic rings. The average Bonchev–Trinajstić information content (AvgIpc) is 3.15. The molecule has 0 bridgehead atoms. The number of rotatable bonds is 4. The van der Waals surface area contributed by atoms with Crippen molar-refractivity contribution in [3.05, 3.63) is 16.1 Å². The standard InChI is InChI=1S/C17H23N3O4S/c1-3-4-13-18-12(10-25-13)15(22)20-7-5-17(6-8-20)11(16(23)24)9-14(21)19(17)2/h10-11H,3-9H2,1-2H3,(H,23,24). The number of aromatic nitrogens is 1. The van der Waals surface area contributed by atoms with Gasteiger partial charge in [-0.05, 0) is 25.7 Å². The number of hydrogen-bond acceptors (Lipinski definition) is 5. The number of aryl methyl sites for hydroxylation is 1. The van der Waals surface area contributed by atoms with Crippen LogP contribution in [0.1, 0.15) is 48.1 Å². The zero-order valence-electron chi connectivity index (χ0n) is 14.5. The van der Waals surface area contributed by atoms with Gasteiger partial charge in [0.15, 0.2) is 0 Å². The van der Waals surface area contributed by atoms with E-state index in [2.05, 4.69) is 11.9 Å². The summed E-state index contributed by atoms with van der Waals surface area (Å²) in [4.78, 5) is 44.0. The highest BCUT2D eigenvalue weighted by Crippen LogP contribution is 2.43. The minimum Gasteiger partial charge on any atom is -0.481 e. The van der Waals surface area contributed by atoms with Gasteiger partial charge in [0.05, 0.1) is 16.5 Å². The van der Waals surface area contributed by atoms with Crippen molar-refractivity contribution in [2.45, 2.75) is 44.6 Å². The molecule has 0 aliphatic carbocycles. The predicted molar refractivity (Wildman–Crippen MR) is 92.5 cm³/mol. The van der Waals surface area contributed by atoms with Crippen LogP contribution in [0.3, 0.4) is 0 Å². The second kappa shape index (κ2) is 6.74. The summed E-state index contributed by atoms with van der Waals surface area (Å²) >= 11 is 1.50. The molecule has 8 heteroatoms. The number of carbonyl (C=O) groups is 3. The van der Waals surface area contributed by atoms with Gasteiger partial charge in [-0.25, -0.2) is 4.98 Å². The van der Waals surface area contributed by atoms with Crippen LogP contribution in [0.15, 0.2) is 5.38 Å². The SMILES string of the molecule is CCCc1nc(C(=O)N2CCC3(CC2)C(C(=O)O)CC(=O)N3C)cs1. The van der Waals surface area contributed by atoms with E-state index in [1.54, 1.807) is 22.2 Å². The molecular weight excluding hydrogens is 342 g/mol. The molecule has 1 aromatic heterocycles. The zero-order chi connectivity index (χ0) is 18.2. The van der Waals surface area contributed by atoms with E-state index in [9.17, 15) is 19.5 Å². The molecule has 2 saturated heterocycles. The number of amides is 2. The summed E-state index contributed by atoms with van der Waals surface area (Å²) in [6, 6.07) is 0. The molecule has 0 radical (unpaired) electrons. The number of aliphatic carboxylic acids is 1. The zero-order valence-corrected chi connectivity index (χ0v) is 15.3. The Balaban J connectivity index is 1.71. The van der Waals surface area contributed by atoms with Crippen LogP contribution in [-0.4, -0.2) is 63.4 Å². The first-order chi connectivity index (χ1) is 11.9. The summed E-state index contributed by atoms with van der Waals surface area (Å²) in [5.41, 5.74) is -0.204. The van der Waals surface area contributed by atoms with Crippen molar-refractivity contribution in [2.75, 3.05) is 20.1 Å². The van der Waals surface area contributed by atoms with Gasteiger partial charge in [0.1, 0.15) is 5.69 Å². The highest BCUT2D eigenvalue weighted by Gasteiger charge is 2.55. The van der Waals surface area contributed by atoms with Crippen molar-refractivity contribution >= 4 is 29.1 Å². The molecule has 1 N–H and O–H groups in total. The van der Waals surface area contributed by atoms with E-state index in [0.717, 1.165) is 17.8 Å². The number of hydrogen-bond donors (Lipinski definition) is 1. The van der Waals surface area contributed by atoms with Gasteiger partial charge in [-0.2, -0.15) is 0 Å². The second-order valence-corrected chi connectivity index (χ2v) is 7.76. The van der Waals surface area contributed by atoms with Crippen LogP contribution in [-0.2, 0) is 16.0 Å². The van der Waals surface area contributed by atoms with E-state index < -0.39 is 17.4 Å². The molecule has 2 aliphatic heterocycles. The lowest BCUT2D eigenvalue weighted by atomic mass is 9.77. The summed E-state index contributed by atoms with van der Waals surface area (Å²) in [7, 11) is 1.68. The molecule has 1 aromatic rings. The van der Waals surface area contributed by atoms with Crippen LogP contribution >= 0.6 is 11.3 Å². The van der Waals surface area contributed by atoms with Crippen molar-refractivity contribution < 1.29 is 19.5 Å². The maximum absolute atomic E-state index is 12.7. The van der Waals surface area contributed by atoms with Crippen molar-refractivity contribution in [3.63, 3.8) is 0 Å². The second-order valence-electron chi connectivity index (χ2n) is 6.82. The Morgan fingerprint density at radius 2 is 2.08 bits per heavy atom. The van der Waals surface area contributed by atoms with Gasteiger partial charge in [0, 0.05) is 31.9 Å². The molecule has 2 fully saturated rings. The Bertz CT molecular complexity index is 694. The Labute approximate surface area is 150 Å². The van der Waals surface area contributed by atoms with Crippen LogP contribution in [0, 0.1) is 5.92 Å². The number of carboxylic acid groups (broad SMARTS) is 1. The summed E-state index contributed by atoms with van der Waals surface area (Å²) in [5, 5.41) is 12.3. The normalized spacial score (nSPS) is 22.6. The monoisotopic (exact) mass is 365 g/mol. The van der Waals surface area contributed by atoms with Crippen LogP contribution in [0.25, 0.3) is 0 Å². The van der Waals surface area contributed by atoms with Gasteiger partial charge >= 0.3 is 5.97 Å². The van der Waals surface area contributed by atoms with E-state index >= 15 is 0 Å². The summed E-state index contributed by atoms with van der Waals surface area (Å²) in [6.45, 7) is 2.97. The van der Waals surface area contributed by atoms with Gasteiger partial charge in [0.25, 0.3) is 5.91 Å². The molecule has 7 nitrogen and oxygen atoms in total. The third-order valence-corrected chi connectivity index (χ3v) is 6.43. The highest BCUT2D eigenvalue weighted by molar-refractivity contribution is 7.09. The molecule has 2 amide bonds. The Hall–Kier alpha value is -1.96. The number of nitrogens with zero attached hydrogens (tertiary/aromatic N) is 3. The van der Waals surface area contributed by atoms with Gasteiger partial charge in [0.2, 0.25) is 5.91 Å². The molecule has 3 heterocycles. The Kier molecular flexibility index (Phi) is 4.81. The molecule has 25 heavy (non-hydrogen) atoms. The van der Waals surface area contributed by atoms with Crippen molar-refractivity contribution in [3.8, 4) is 0 Å².